The van der Waals surface area contributed by atoms with E-state index < -0.39 is 10.0 Å². The molecule has 0 spiro atoms. The Balaban J connectivity index is 2.48. The molecule has 0 aliphatic carbocycles. The van der Waals surface area contributed by atoms with Crippen LogP contribution in [0.25, 0.3) is 0 Å². The van der Waals surface area contributed by atoms with Gasteiger partial charge in [-0.05, 0) is 85.2 Å². The van der Waals surface area contributed by atoms with E-state index in [1.807, 2.05) is 52.0 Å². The van der Waals surface area contributed by atoms with Gasteiger partial charge in [-0.1, -0.05) is 17.7 Å². The number of sulfonamides is 1. The first-order valence-corrected chi connectivity index (χ1v) is 9.14. The van der Waals surface area contributed by atoms with Crippen LogP contribution in [0.4, 0.5) is 5.69 Å². The summed E-state index contributed by atoms with van der Waals surface area (Å²) in [5.41, 5.74) is 4.13. The Labute approximate surface area is 140 Å². The molecule has 1 N–H and O–H groups in total. The van der Waals surface area contributed by atoms with Gasteiger partial charge < -0.3 is 0 Å². The van der Waals surface area contributed by atoms with Crippen LogP contribution in [0.15, 0.2) is 35.2 Å². The first-order chi connectivity index (χ1) is 9.70. The van der Waals surface area contributed by atoms with Crippen molar-refractivity contribution in [3.63, 3.8) is 0 Å². The Morgan fingerprint density at radius 2 is 1.48 bits per heavy atom. The summed E-state index contributed by atoms with van der Waals surface area (Å²) in [5, 5.41) is 0. The SMILES string of the molecule is Cc1cc(C)c(S(=O)(=O)Nc2ccc(I)cc2C)c(C)c1. The highest BCUT2D eigenvalue weighted by molar-refractivity contribution is 14.1. The maximum Gasteiger partial charge on any atom is 0.262 e. The Hall–Kier alpha value is -1.08. The van der Waals surface area contributed by atoms with E-state index in [2.05, 4.69) is 27.3 Å². The maximum atomic E-state index is 12.7. The molecule has 0 saturated carbocycles. The topological polar surface area (TPSA) is 46.2 Å². The van der Waals surface area contributed by atoms with Crippen molar-refractivity contribution in [1.29, 1.82) is 0 Å². The van der Waals surface area contributed by atoms with Gasteiger partial charge in [0.15, 0.2) is 0 Å². The molecule has 0 aromatic heterocycles. The predicted molar refractivity (Wildman–Crippen MR) is 95.4 cm³/mol. The number of aryl methyl sites for hydroxylation is 4. The van der Waals surface area contributed by atoms with Crippen LogP contribution in [-0.2, 0) is 10.0 Å². The number of benzene rings is 2. The molecule has 21 heavy (non-hydrogen) atoms. The fraction of sp³-hybridized carbons (Fsp3) is 0.250. The van der Waals surface area contributed by atoms with E-state index in [9.17, 15) is 8.42 Å². The average Bonchev–Trinajstić information content (AvgIpc) is 2.30. The Morgan fingerprint density at radius 3 is 2.00 bits per heavy atom. The summed E-state index contributed by atoms with van der Waals surface area (Å²) in [6.45, 7) is 7.52. The molecule has 0 bridgehead atoms. The van der Waals surface area contributed by atoms with Crippen molar-refractivity contribution in [1.82, 2.24) is 0 Å². The minimum absolute atomic E-state index is 0.367. The number of anilines is 1. The highest BCUT2D eigenvalue weighted by Crippen LogP contribution is 2.26. The molecule has 0 heterocycles. The highest BCUT2D eigenvalue weighted by Gasteiger charge is 2.20. The van der Waals surface area contributed by atoms with Gasteiger partial charge in [0.2, 0.25) is 0 Å². The first-order valence-electron chi connectivity index (χ1n) is 6.57. The lowest BCUT2D eigenvalue weighted by atomic mass is 10.1. The van der Waals surface area contributed by atoms with Gasteiger partial charge in [-0.3, -0.25) is 4.72 Å². The van der Waals surface area contributed by atoms with Crippen molar-refractivity contribution in [2.45, 2.75) is 32.6 Å². The molecule has 2 aromatic carbocycles. The van der Waals surface area contributed by atoms with E-state index in [0.717, 1.165) is 25.8 Å². The summed E-state index contributed by atoms with van der Waals surface area (Å²) < 4.78 is 29.1. The van der Waals surface area contributed by atoms with Gasteiger partial charge in [0, 0.05) is 3.57 Å². The lowest BCUT2D eigenvalue weighted by molar-refractivity contribution is 0.600. The second kappa shape index (κ2) is 5.96. The lowest BCUT2D eigenvalue weighted by Gasteiger charge is -2.15. The summed E-state index contributed by atoms with van der Waals surface area (Å²) in [6.07, 6.45) is 0. The van der Waals surface area contributed by atoms with Crippen LogP contribution < -0.4 is 4.72 Å². The Morgan fingerprint density at radius 1 is 0.905 bits per heavy atom. The zero-order chi connectivity index (χ0) is 15.8. The number of hydrogen-bond acceptors (Lipinski definition) is 2. The van der Waals surface area contributed by atoms with Crippen LogP contribution in [0.2, 0.25) is 0 Å². The molecular weight excluding hydrogens is 397 g/mol. The van der Waals surface area contributed by atoms with E-state index >= 15 is 0 Å². The van der Waals surface area contributed by atoms with Crippen molar-refractivity contribution in [3.05, 3.63) is 56.2 Å². The minimum Gasteiger partial charge on any atom is -0.279 e. The smallest absolute Gasteiger partial charge is 0.262 e. The van der Waals surface area contributed by atoms with Crippen LogP contribution >= 0.6 is 22.6 Å². The van der Waals surface area contributed by atoms with Crippen LogP contribution in [-0.4, -0.2) is 8.42 Å². The van der Waals surface area contributed by atoms with E-state index in [1.54, 1.807) is 6.07 Å². The van der Waals surface area contributed by atoms with Gasteiger partial charge >= 0.3 is 0 Å². The average molecular weight is 415 g/mol. The van der Waals surface area contributed by atoms with Gasteiger partial charge in [0.1, 0.15) is 0 Å². The summed E-state index contributed by atoms with van der Waals surface area (Å²) in [6, 6.07) is 9.42. The van der Waals surface area contributed by atoms with Gasteiger partial charge in [0.05, 0.1) is 10.6 Å². The molecule has 2 rings (SSSR count). The van der Waals surface area contributed by atoms with Gasteiger partial charge in [-0.15, -0.1) is 0 Å². The molecule has 3 nitrogen and oxygen atoms in total. The first kappa shape index (κ1) is 16.3. The molecule has 112 valence electrons. The van der Waals surface area contributed by atoms with Gasteiger partial charge in [-0.25, -0.2) is 8.42 Å². The van der Waals surface area contributed by atoms with Crippen molar-refractivity contribution in [2.75, 3.05) is 4.72 Å². The van der Waals surface area contributed by atoms with Crippen LogP contribution in [0.3, 0.4) is 0 Å². The molecule has 5 heteroatoms. The number of nitrogens with one attached hydrogen (secondary N) is 1. The van der Waals surface area contributed by atoms with Crippen LogP contribution in [0, 0.1) is 31.3 Å². The number of rotatable bonds is 3. The zero-order valence-corrected chi connectivity index (χ0v) is 15.5. The summed E-state index contributed by atoms with van der Waals surface area (Å²) >= 11 is 2.21. The van der Waals surface area contributed by atoms with Crippen LogP contribution in [0.5, 0.6) is 0 Å². The molecule has 0 fully saturated rings. The normalized spacial score (nSPS) is 11.5. The zero-order valence-electron chi connectivity index (χ0n) is 12.5. The summed E-state index contributed by atoms with van der Waals surface area (Å²) in [4.78, 5) is 0.367. The minimum atomic E-state index is -3.58. The third kappa shape index (κ3) is 3.58. The number of hydrogen-bond donors (Lipinski definition) is 1. The molecule has 0 aliphatic heterocycles. The molecule has 0 saturated heterocycles. The molecule has 0 aliphatic rings. The summed E-state index contributed by atoms with van der Waals surface area (Å²) in [5.74, 6) is 0. The third-order valence-corrected chi connectivity index (χ3v) is 5.65. The van der Waals surface area contributed by atoms with Crippen molar-refractivity contribution < 1.29 is 8.42 Å². The molecule has 2 aromatic rings. The second-order valence-corrected chi connectivity index (χ2v) is 8.16. The predicted octanol–water partition coefficient (Wildman–Crippen LogP) is 4.33. The maximum absolute atomic E-state index is 12.7. The fourth-order valence-corrected chi connectivity index (χ4v) is 4.76. The van der Waals surface area contributed by atoms with E-state index in [4.69, 9.17) is 0 Å². The van der Waals surface area contributed by atoms with E-state index in [0.29, 0.717) is 10.6 Å². The van der Waals surface area contributed by atoms with Gasteiger partial charge in [-0.2, -0.15) is 0 Å². The largest absolute Gasteiger partial charge is 0.279 e. The second-order valence-electron chi connectivity index (χ2n) is 5.29. The highest BCUT2D eigenvalue weighted by atomic mass is 127. The number of halogens is 1. The summed E-state index contributed by atoms with van der Waals surface area (Å²) in [7, 11) is -3.58. The quantitative estimate of drug-likeness (QED) is 0.759. The molecule has 0 radical (unpaired) electrons. The Kier molecular flexibility index (Phi) is 4.63. The fourth-order valence-electron chi connectivity index (χ4n) is 2.53. The molecule has 0 unspecified atom stereocenters. The van der Waals surface area contributed by atoms with Crippen molar-refractivity contribution in [2.24, 2.45) is 0 Å². The monoisotopic (exact) mass is 415 g/mol. The van der Waals surface area contributed by atoms with Crippen molar-refractivity contribution in [3.8, 4) is 0 Å². The standard InChI is InChI=1S/C16H18INO2S/c1-10-7-12(3)16(13(4)8-10)21(19,20)18-15-6-5-14(17)9-11(15)2/h5-9,18H,1-4H3. The lowest BCUT2D eigenvalue weighted by Crippen LogP contribution is -2.16. The molecular formula is C16H18INO2S. The van der Waals surface area contributed by atoms with Crippen LogP contribution in [0.1, 0.15) is 22.3 Å². The van der Waals surface area contributed by atoms with Crippen molar-refractivity contribution >= 4 is 38.3 Å². The molecule has 0 atom stereocenters. The van der Waals surface area contributed by atoms with E-state index in [-0.39, 0.29) is 0 Å². The van der Waals surface area contributed by atoms with Gasteiger partial charge in [0.25, 0.3) is 10.0 Å². The molecule has 0 amide bonds. The van der Waals surface area contributed by atoms with E-state index in [1.165, 1.54) is 0 Å². The Bertz CT molecular complexity index is 775. The third-order valence-electron chi connectivity index (χ3n) is 3.31.